The van der Waals surface area contributed by atoms with Gasteiger partial charge in [0.25, 0.3) is 0 Å². The highest BCUT2D eigenvalue weighted by molar-refractivity contribution is 7.90. The number of halogens is 1. The molecule has 1 N–H and O–H groups in total. The average molecular weight is 465 g/mol. The molecule has 1 unspecified atom stereocenters. The number of hydrogen-bond acceptors (Lipinski definition) is 4. The molecule has 0 bridgehead atoms. The van der Waals surface area contributed by atoms with Crippen LogP contribution < -0.4 is 9.62 Å². The molecule has 0 heterocycles. The fourth-order valence-electron chi connectivity index (χ4n) is 3.03. The van der Waals surface area contributed by atoms with Gasteiger partial charge in [0, 0.05) is 32.7 Å². The molecule has 1 atom stereocenters. The van der Waals surface area contributed by atoms with Crippen LogP contribution in [0.3, 0.4) is 0 Å². The molecule has 0 aliphatic heterocycles. The Morgan fingerprint density at radius 1 is 1.03 bits per heavy atom. The Balaban J connectivity index is 2.43. The number of benzene rings is 2. The molecule has 0 radical (unpaired) electrons. The molecule has 2 aromatic carbocycles. The topological polar surface area (TPSA) is 90.0 Å². The van der Waals surface area contributed by atoms with E-state index in [0.29, 0.717) is 12.2 Å². The molecule has 10 heteroatoms. The lowest BCUT2D eigenvalue weighted by Gasteiger charge is -2.32. The number of hydrogen-bond donors (Lipinski definition) is 1. The van der Waals surface area contributed by atoms with Crippen molar-refractivity contribution in [1.29, 1.82) is 0 Å². The zero-order chi connectivity index (χ0) is 23.9. The van der Waals surface area contributed by atoms with Crippen molar-refractivity contribution in [1.82, 2.24) is 14.5 Å². The molecule has 0 saturated heterocycles. The summed E-state index contributed by atoms with van der Waals surface area (Å²) in [4.78, 5) is 27.0. The summed E-state index contributed by atoms with van der Waals surface area (Å²) >= 11 is 0. The van der Waals surface area contributed by atoms with Gasteiger partial charge in [-0.3, -0.25) is 9.59 Å². The van der Waals surface area contributed by atoms with Crippen LogP contribution in [0, 0.1) is 5.82 Å². The van der Waals surface area contributed by atoms with Gasteiger partial charge < -0.3 is 10.2 Å². The molecular weight excluding hydrogens is 435 g/mol. The van der Waals surface area contributed by atoms with Crippen molar-refractivity contribution in [3.05, 3.63) is 66.0 Å². The number of nitrogens with zero attached hydrogens (tertiary/aromatic N) is 3. The van der Waals surface area contributed by atoms with Crippen LogP contribution in [0.15, 0.2) is 54.6 Å². The van der Waals surface area contributed by atoms with E-state index in [1.54, 1.807) is 43.3 Å². The molecule has 0 spiro atoms. The van der Waals surface area contributed by atoms with Crippen molar-refractivity contribution in [3.8, 4) is 0 Å². The minimum Gasteiger partial charge on any atom is -0.355 e. The normalized spacial score (nSPS) is 12.3. The van der Waals surface area contributed by atoms with Crippen molar-refractivity contribution < 1.29 is 22.4 Å². The van der Waals surface area contributed by atoms with Crippen LogP contribution >= 0.6 is 0 Å². The Morgan fingerprint density at radius 2 is 1.62 bits per heavy atom. The first-order valence-electron chi connectivity index (χ1n) is 10.1. The lowest BCUT2D eigenvalue weighted by atomic mass is 10.1. The molecule has 0 aliphatic carbocycles. The Kier molecular flexibility index (Phi) is 8.73. The Bertz CT molecular complexity index is 1030. The van der Waals surface area contributed by atoms with E-state index < -0.39 is 40.4 Å². The third-order valence-electron chi connectivity index (χ3n) is 4.88. The average Bonchev–Trinajstić information content (AvgIpc) is 2.76. The molecule has 0 fully saturated rings. The van der Waals surface area contributed by atoms with Crippen LogP contribution in [0.5, 0.6) is 0 Å². The summed E-state index contributed by atoms with van der Waals surface area (Å²) < 4.78 is 42.2. The van der Waals surface area contributed by atoms with Gasteiger partial charge in [-0.15, -0.1) is 0 Å². The van der Waals surface area contributed by atoms with Gasteiger partial charge in [-0.25, -0.2) is 8.70 Å². The van der Waals surface area contributed by atoms with Crippen molar-refractivity contribution in [2.75, 3.05) is 31.5 Å². The number of carbonyl (C=O) groups excluding carboxylic acids is 2. The number of para-hydroxylation sites is 1. The van der Waals surface area contributed by atoms with E-state index in [1.165, 1.54) is 44.1 Å². The third-order valence-corrected chi connectivity index (χ3v) is 6.70. The van der Waals surface area contributed by atoms with Crippen LogP contribution in [0.2, 0.25) is 0 Å². The highest BCUT2D eigenvalue weighted by Gasteiger charge is 2.32. The smallest absolute Gasteiger partial charge is 0.304 e. The number of likely N-dealkylation sites (N-methyl/N-ethyl adjacent to an activating group) is 1. The highest BCUT2D eigenvalue weighted by atomic mass is 32.2. The van der Waals surface area contributed by atoms with Gasteiger partial charge in [0.15, 0.2) is 0 Å². The predicted molar refractivity (Wildman–Crippen MR) is 121 cm³/mol. The van der Waals surface area contributed by atoms with Crippen molar-refractivity contribution in [2.24, 2.45) is 0 Å². The highest BCUT2D eigenvalue weighted by Crippen LogP contribution is 2.20. The van der Waals surface area contributed by atoms with E-state index in [1.807, 2.05) is 0 Å². The largest absolute Gasteiger partial charge is 0.355 e. The molecule has 2 amide bonds. The molecule has 0 saturated carbocycles. The molecule has 0 aliphatic rings. The van der Waals surface area contributed by atoms with Gasteiger partial charge in [-0.2, -0.15) is 12.7 Å². The molecule has 2 rings (SSSR count). The summed E-state index contributed by atoms with van der Waals surface area (Å²) in [6.45, 7) is 2.89. The molecule has 0 aromatic heterocycles. The lowest BCUT2D eigenvalue weighted by molar-refractivity contribution is -0.139. The maximum Gasteiger partial charge on any atom is 0.304 e. The summed E-state index contributed by atoms with van der Waals surface area (Å²) in [5.74, 6) is -1.57. The van der Waals surface area contributed by atoms with Crippen LogP contribution in [0.1, 0.15) is 19.4 Å². The van der Waals surface area contributed by atoms with Crippen LogP contribution in [-0.4, -0.2) is 62.7 Å². The summed E-state index contributed by atoms with van der Waals surface area (Å²) in [5, 5.41) is 2.65. The second kappa shape index (κ2) is 11.1. The predicted octanol–water partition coefficient (Wildman–Crippen LogP) is 1.99. The molecular formula is C22H29FN4O4S. The summed E-state index contributed by atoms with van der Waals surface area (Å²) in [5.41, 5.74) is 0.518. The number of carbonyl (C=O) groups is 2. The first kappa shape index (κ1) is 25.3. The minimum atomic E-state index is -4.01. The van der Waals surface area contributed by atoms with E-state index in [9.17, 15) is 22.4 Å². The zero-order valence-corrected chi connectivity index (χ0v) is 19.5. The summed E-state index contributed by atoms with van der Waals surface area (Å²) in [7, 11) is -1.28. The van der Waals surface area contributed by atoms with E-state index >= 15 is 0 Å². The third kappa shape index (κ3) is 6.04. The number of anilines is 1. The van der Waals surface area contributed by atoms with Gasteiger partial charge in [-0.05, 0) is 32.0 Å². The van der Waals surface area contributed by atoms with Gasteiger partial charge >= 0.3 is 10.2 Å². The number of rotatable bonds is 10. The van der Waals surface area contributed by atoms with Crippen molar-refractivity contribution in [3.63, 3.8) is 0 Å². The second-order valence-electron chi connectivity index (χ2n) is 7.32. The number of nitrogens with one attached hydrogen (secondary N) is 1. The second-order valence-corrected chi connectivity index (χ2v) is 9.38. The van der Waals surface area contributed by atoms with Gasteiger partial charge in [0.05, 0.1) is 5.69 Å². The first-order valence-corrected chi connectivity index (χ1v) is 11.5. The fraction of sp³-hybridized carbons (Fsp3) is 0.364. The maximum absolute atomic E-state index is 14.3. The van der Waals surface area contributed by atoms with Gasteiger partial charge in [0.1, 0.15) is 18.4 Å². The number of amides is 2. The van der Waals surface area contributed by atoms with E-state index in [0.717, 1.165) is 8.61 Å². The quantitative estimate of drug-likeness (QED) is 0.582. The summed E-state index contributed by atoms with van der Waals surface area (Å²) in [6.07, 6.45) is 0. The molecule has 174 valence electrons. The van der Waals surface area contributed by atoms with E-state index in [-0.39, 0.29) is 12.1 Å². The lowest BCUT2D eigenvalue weighted by Crippen LogP contribution is -2.52. The standard InChI is InChI=1S/C22H29FN4O4S/c1-5-24-22(29)17(2)26(15-18-11-9-10-14-20(18)23)21(28)16-27(32(30,31)25(3)4)19-12-7-6-8-13-19/h6-14,17H,5,15-16H2,1-4H3,(H,24,29). The van der Waals surface area contributed by atoms with Gasteiger partial charge in [0.2, 0.25) is 11.8 Å². The Hall–Kier alpha value is -2.98. The Labute approximate surface area is 188 Å². The van der Waals surface area contributed by atoms with E-state index in [2.05, 4.69) is 5.32 Å². The minimum absolute atomic E-state index is 0.186. The van der Waals surface area contributed by atoms with Crippen molar-refractivity contribution in [2.45, 2.75) is 26.4 Å². The SMILES string of the molecule is CCNC(=O)C(C)N(Cc1ccccc1F)C(=O)CN(c1ccccc1)S(=O)(=O)N(C)C. The van der Waals surface area contributed by atoms with E-state index in [4.69, 9.17) is 0 Å². The zero-order valence-electron chi connectivity index (χ0n) is 18.7. The Morgan fingerprint density at radius 3 is 2.19 bits per heavy atom. The summed E-state index contributed by atoms with van der Waals surface area (Å²) in [6, 6.07) is 13.2. The molecule has 2 aromatic rings. The monoisotopic (exact) mass is 464 g/mol. The molecule has 8 nitrogen and oxygen atoms in total. The molecule has 32 heavy (non-hydrogen) atoms. The van der Waals surface area contributed by atoms with Crippen LogP contribution in [0.25, 0.3) is 0 Å². The van der Waals surface area contributed by atoms with Gasteiger partial charge in [-0.1, -0.05) is 36.4 Å². The van der Waals surface area contributed by atoms with Crippen molar-refractivity contribution >= 4 is 27.7 Å². The maximum atomic E-state index is 14.3. The first-order chi connectivity index (χ1) is 15.1. The van der Waals surface area contributed by atoms with Crippen LogP contribution in [0.4, 0.5) is 10.1 Å². The van der Waals surface area contributed by atoms with Crippen LogP contribution in [-0.2, 0) is 26.3 Å². The fourth-order valence-corrected chi connectivity index (χ4v) is 4.08.